The lowest BCUT2D eigenvalue weighted by Crippen LogP contribution is -2.12. The van der Waals surface area contributed by atoms with Gasteiger partial charge in [-0.05, 0) is 65.1 Å². The highest BCUT2D eigenvalue weighted by atomic mass is 127. The van der Waals surface area contributed by atoms with Gasteiger partial charge in [0.05, 0.1) is 6.10 Å². The summed E-state index contributed by atoms with van der Waals surface area (Å²) in [7, 11) is 0. The molecule has 1 unspecified atom stereocenters. The first-order valence-corrected chi connectivity index (χ1v) is 8.18. The second kappa shape index (κ2) is 6.53. The standard InChI is InChI=1S/C14H18BrIO/c15-13-8-7-11(16)9-12(13)14(17)10-5-3-1-2-4-6-10/h7-10,14,17H,1-6H2. The van der Waals surface area contributed by atoms with E-state index < -0.39 is 0 Å². The van der Waals surface area contributed by atoms with E-state index >= 15 is 0 Å². The van der Waals surface area contributed by atoms with Gasteiger partial charge in [0.1, 0.15) is 0 Å². The van der Waals surface area contributed by atoms with E-state index in [1.165, 1.54) is 42.1 Å². The monoisotopic (exact) mass is 408 g/mol. The minimum Gasteiger partial charge on any atom is -0.388 e. The first kappa shape index (κ1) is 13.8. The molecule has 1 aromatic rings. The Bertz CT molecular complexity index is 372. The summed E-state index contributed by atoms with van der Waals surface area (Å²) in [5.74, 6) is 0.437. The molecule has 0 aliphatic heterocycles. The van der Waals surface area contributed by atoms with Gasteiger partial charge in [-0.1, -0.05) is 41.6 Å². The number of hydrogen-bond acceptors (Lipinski definition) is 1. The van der Waals surface area contributed by atoms with Crippen LogP contribution in [0.5, 0.6) is 0 Å². The van der Waals surface area contributed by atoms with Crippen molar-refractivity contribution in [2.24, 2.45) is 5.92 Å². The molecule has 1 aliphatic carbocycles. The zero-order valence-corrected chi connectivity index (χ0v) is 13.6. The maximum atomic E-state index is 10.5. The van der Waals surface area contributed by atoms with E-state index in [-0.39, 0.29) is 6.10 Å². The van der Waals surface area contributed by atoms with Crippen molar-refractivity contribution in [1.29, 1.82) is 0 Å². The van der Waals surface area contributed by atoms with Gasteiger partial charge in [-0.3, -0.25) is 0 Å². The van der Waals surface area contributed by atoms with Gasteiger partial charge in [-0.2, -0.15) is 0 Å². The highest BCUT2D eigenvalue weighted by molar-refractivity contribution is 14.1. The molecular weight excluding hydrogens is 391 g/mol. The Morgan fingerprint density at radius 1 is 1.18 bits per heavy atom. The van der Waals surface area contributed by atoms with E-state index in [1.807, 2.05) is 6.07 Å². The van der Waals surface area contributed by atoms with Gasteiger partial charge in [0.15, 0.2) is 0 Å². The van der Waals surface area contributed by atoms with Gasteiger partial charge < -0.3 is 5.11 Å². The van der Waals surface area contributed by atoms with Gasteiger partial charge in [0, 0.05) is 8.04 Å². The third-order valence-electron chi connectivity index (χ3n) is 3.62. The summed E-state index contributed by atoms with van der Waals surface area (Å²) >= 11 is 5.86. The SMILES string of the molecule is OC(c1cc(I)ccc1Br)C1CCCCCC1. The van der Waals surface area contributed by atoms with Crippen LogP contribution in [0.15, 0.2) is 22.7 Å². The molecule has 0 bridgehead atoms. The third-order valence-corrected chi connectivity index (χ3v) is 5.02. The summed E-state index contributed by atoms with van der Waals surface area (Å²) in [4.78, 5) is 0. The van der Waals surface area contributed by atoms with Crippen LogP contribution in [0.2, 0.25) is 0 Å². The van der Waals surface area contributed by atoms with Crippen molar-refractivity contribution in [2.75, 3.05) is 0 Å². The molecule has 1 nitrogen and oxygen atoms in total. The van der Waals surface area contributed by atoms with E-state index in [9.17, 15) is 5.11 Å². The summed E-state index contributed by atoms with van der Waals surface area (Å²) in [5.41, 5.74) is 1.06. The van der Waals surface area contributed by atoms with Gasteiger partial charge >= 0.3 is 0 Å². The number of benzene rings is 1. The quantitative estimate of drug-likeness (QED) is 0.535. The van der Waals surface area contributed by atoms with Crippen molar-refractivity contribution in [3.8, 4) is 0 Å². The van der Waals surface area contributed by atoms with E-state index in [2.05, 4.69) is 50.7 Å². The molecule has 1 aromatic carbocycles. The van der Waals surface area contributed by atoms with Crippen LogP contribution in [0.3, 0.4) is 0 Å². The van der Waals surface area contributed by atoms with Crippen molar-refractivity contribution >= 4 is 38.5 Å². The van der Waals surface area contributed by atoms with Crippen LogP contribution in [0.1, 0.15) is 50.2 Å². The largest absolute Gasteiger partial charge is 0.388 e. The van der Waals surface area contributed by atoms with E-state index in [1.54, 1.807) is 0 Å². The molecule has 1 fully saturated rings. The number of rotatable bonds is 2. The molecule has 1 atom stereocenters. The maximum absolute atomic E-state index is 10.5. The molecule has 1 aliphatic rings. The Balaban J connectivity index is 2.16. The molecule has 17 heavy (non-hydrogen) atoms. The van der Waals surface area contributed by atoms with Crippen molar-refractivity contribution in [3.05, 3.63) is 31.8 Å². The third kappa shape index (κ3) is 3.67. The van der Waals surface area contributed by atoms with Crippen LogP contribution in [0, 0.1) is 9.49 Å². The fourth-order valence-electron chi connectivity index (χ4n) is 2.62. The topological polar surface area (TPSA) is 20.2 Å². The molecule has 1 N–H and O–H groups in total. The molecule has 3 heteroatoms. The number of hydrogen-bond donors (Lipinski definition) is 1. The summed E-state index contributed by atoms with van der Waals surface area (Å²) in [6, 6.07) is 6.20. The second-order valence-electron chi connectivity index (χ2n) is 4.86. The van der Waals surface area contributed by atoms with Gasteiger partial charge in [-0.25, -0.2) is 0 Å². The fourth-order valence-corrected chi connectivity index (χ4v) is 3.62. The number of aliphatic hydroxyl groups is 1. The molecule has 0 heterocycles. The Kier molecular flexibility index (Phi) is 5.30. The number of halogens is 2. The van der Waals surface area contributed by atoms with E-state index in [0.717, 1.165) is 10.0 Å². The molecule has 94 valence electrons. The average molecular weight is 409 g/mol. The van der Waals surface area contributed by atoms with Gasteiger partial charge in [0.25, 0.3) is 0 Å². The highest BCUT2D eigenvalue weighted by Gasteiger charge is 2.23. The first-order chi connectivity index (χ1) is 8.18. The van der Waals surface area contributed by atoms with Crippen LogP contribution in [-0.2, 0) is 0 Å². The van der Waals surface area contributed by atoms with Crippen molar-refractivity contribution in [3.63, 3.8) is 0 Å². The van der Waals surface area contributed by atoms with Crippen LogP contribution in [0.4, 0.5) is 0 Å². The summed E-state index contributed by atoms with van der Waals surface area (Å²) in [6.45, 7) is 0. The van der Waals surface area contributed by atoms with E-state index in [0.29, 0.717) is 5.92 Å². The molecule has 0 aromatic heterocycles. The molecule has 1 saturated carbocycles. The average Bonchev–Trinajstić information content (AvgIpc) is 2.60. The summed E-state index contributed by atoms with van der Waals surface area (Å²) in [6.07, 6.45) is 7.22. The lowest BCUT2D eigenvalue weighted by Gasteiger charge is -2.22. The first-order valence-electron chi connectivity index (χ1n) is 6.31. The van der Waals surface area contributed by atoms with Crippen LogP contribution >= 0.6 is 38.5 Å². The van der Waals surface area contributed by atoms with Crippen molar-refractivity contribution in [1.82, 2.24) is 0 Å². The lowest BCUT2D eigenvalue weighted by atomic mass is 9.89. The molecule has 2 rings (SSSR count). The van der Waals surface area contributed by atoms with Crippen LogP contribution < -0.4 is 0 Å². The minimum atomic E-state index is -0.308. The maximum Gasteiger partial charge on any atom is 0.0829 e. The molecule has 0 spiro atoms. The normalized spacial score (nSPS) is 19.9. The Labute approximate surface area is 125 Å². The van der Waals surface area contributed by atoms with Gasteiger partial charge in [-0.15, -0.1) is 0 Å². The molecule has 0 saturated heterocycles. The second-order valence-corrected chi connectivity index (χ2v) is 6.96. The van der Waals surface area contributed by atoms with Gasteiger partial charge in [0.2, 0.25) is 0 Å². The Morgan fingerprint density at radius 2 is 1.82 bits per heavy atom. The Morgan fingerprint density at radius 3 is 2.47 bits per heavy atom. The van der Waals surface area contributed by atoms with Crippen molar-refractivity contribution in [2.45, 2.75) is 44.6 Å². The zero-order chi connectivity index (χ0) is 12.3. The Hall–Kier alpha value is 0.390. The zero-order valence-electron chi connectivity index (χ0n) is 9.83. The molecule has 0 radical (unpaired) electrons. The fraction of sp³-hybridized carbons (Fsp3) is 0.571. The number of aliphatic hydroxyl groups excluding tert-OH is 1. The summed E-state index contributed by atoms with van der Waals surface area (Å²) in [5, 5.41) is 10.5. The van der Waals surface area contributed by atoms with Crippen LogP contribution in [0.25, 0.3) is 0 Å². The molecule has 0 amide bonds. The minimum absolute atomic E-state index is 0.308. The van der Waals surface area contributed by atoms with Crippen molar-refractivity contribution < 1.29 is 5.11 Å². The van der Waals surface area contributed by atoms with Crippen LogP contribution in [-0.4, -0.2) is 5.11 Å². The predicted octanol–water partition coefficient (Wildman–Crippen LogP) is 5.06. The van der Waals surface area contributed by atoms with E-state index in [4.69, 9.17) is 0 Å². The highest BCUT2D eigenvalue weighted by Crippen LogP contribution is 2.36. The lowest BCUT2D eigenvalue weighted by molar-refractivity contribution is 0.0981. The smallest absolute Gasteiger partial charge is 0.0829 e. The molecular formula is C14H18BrIO. The summed E-state index contributed by atoms with van der Waals surface area (Å²) < 4.78 is 2.23. The predicted molar refractivity (Wildman–Crippen MR) is 83.0 cm³/mol.